The lowest BCUT2D eigenvalue weighted by atomic mass is 9.83. The van der Waals surface area contributed by atoms with Crippen LogP contribution in [-0.4, -0.2) is 28.6 Å². The lowest BCUT2D eigenvalue weighted by Crippen LogP contribution is -2.50. The molecule has 0 spiro atoms. The van der Waals surface area contributed by atoms with Gasteiger partial charge in [0, 0.05) is 42.5 Å². The van der Waals surface area contributed by atoms with Crippen molar-refractivity contribution in [2.45, 2.75) is 25.8 Å². The van der Waals surface area contributed by atoms with Gasteiger partial charge in [0.15, 0.2) is 0 Å². The summed E-state index contributed by atoms with van der Waals surface area (Å²) in [6.45, 7) is 3.83. The first-order valence-corrected chi connectivity index (χ1v) is 10.9. The summed E-state index contributed by atoms with van der Waals surface area (Å²) < 4.78 is 1.92. The summed E-state index contributed by atoms with van der Waals surface area (Å²) in [4.78, 5) is 28.1. The molecule has 0 unspecified atom stereocenters. The van der Waals surface area contributed by atoms with Crippen LogP contribution in [0.1, 0.15) is 29.2 Å². The second-order valence-corrected chi connectivity index (χ2v) is 8.73. The maximum absolute atomic E-state index is 13.4. The van der Waals surface area contributed by atoms with E-state index in [9.17, 15) is 9.59 Å². The molecule has 0 saturated carbocycles. The second-order valence-electron chi connectivity index (χ2n) is 8.73. The van der Waals surface area contributed by atoms with E-state index < -0.39 is 0 Å². The van der Waals surface area contributed by atoms with Gasteiger partial charge in [-0.15, -0.1) is 0 Å². The molecule has 3 heterocycles. The molecule has 2 bridgehead atoms. The third-order valence-corrected chi connectivity index (χ3v) is 6.57. The zero-order valence-corrected chi connectivity index (χ0v) is 17.9. The summed E-state index contributed by atoms with van der Waals surface area (Å²) in [6.07, 6.45) is 0.983. The summed E-state index contributed by atoms with van der Waals surface area (Å²) in [5.41, 5.74) is 4.98. The number of nitrogens with zero attached hydrogens (tertiary/aromatic N) is 3. The molecule has 3 aromatic rings. The molecule has 2 aliphatic heterocycles. The monoisotopic (exact) mass is 424 g/mol. The number of hydrogen-bond acceptors (Lipinski definition) is 3. The van der Waals surface area contributed by atoms with E-state index in [2.05, 4.69) is 17.5 Å². The van der Waals surface area contributed by atoms with Crippen molar-refractivity contribution < 1.29 is 4.79 Å². The number of piperidine rings is 1. The molecule has 160 valence electrons. The van der Waals surface area contributed by atoms with E-state index in [0.29, 0.717) is 30.9 Å². The number of nitrogens with one attached hydrogen (secondary N) is 1. The quantitative estimate of drug-likeness (QED) is 0.664. The van der Waals surface area contributed by atoms with Gasteiger partial charge in [-0.25, -0.2) is 4.79 Å². The number of hydrogen-bond donors (Lipinski definition) is 1. The number of aryl methyl sites for hydroxylation is 1. The molecule has 6 nitrogen and oxygen atoms in total. The van der Waals surface area contributed by atoms with Crippen molar-refractivity contribution in [2.24, 2.45) is 5.92 Å². The van der Waals surface area contributed by atoms with E-state index in [4.69, 9.17) is 5.26 Å². The number of carbonyl (C=O) groups excluding carboxylic acids is 1. The van der Waals surface area contributed by atoms with Crippen LogP contribution in [0.15, 0.2) is 65.5 Å². The Morgan fingerprint density at radius 2 is 1.88 bits per heavy atom. The van der Waals surface area contributed by atoms with Crippen LogP contribution in [0.25, 0.3) is 11.1 Å². The van der Waals surface area contributed by atoms with Gasteiger partial charge in [0.2, 0.25) is 0 Å². The number of aromatic nitrogens is 1. The van der Waals surface area contributed by atoms with Gasteiger partial charge in [-0.1, -0.05) is 30.3 Å². The van der Waals surface area contributed by atoms with E-state index >= 15 is 0 Å². The number of fused-ring (bicyclic) bond motifs is 4. The van der Waals surface area contributed by atoms with Crippen molar-refractivity contribution in [2.75, 3.05) is 18.4 Å². The van der Waals surface area contributed by atoms with Gasteiger partial charge < -0.3 is 14.8 Å². The second kappa shape index (κ2) is 8.01. The van der Waals surface area contributed by atoms with Crippen molar-refractivity contribution in [3.8, 4) is 17.2 Å². The Bertz CT molecular complexity index is 1300. The molecule has 0 radical (unpaired) electrons. The number of benzene rings is 2. The van der Waals surface area contributed by atoms with E-state index in [0.717, 1.165) is 28.8 Å². The third-order valence-electron chi connectivity index (χ3n) is 6.57. The van der Waals surface area contributed by atoms with Crippen LogP contribution in [0.3, 0.4) is 0 Å². The topological polar surface area (TPSA) is 78.1 Å². The minimum Gasteiger partial charge on any atom is -0.324 e. The molecule has 6 heteroatoms. The molecular weight excluding hydrogens is 400 g/mol. The van der Waals surface area contributed by atoms with Crippen LogP contribution in [0.4, 0.5) is 10.5 Å². The van der Waals surface area contributed by atoms with Crippen LogP contribution >= 0.6 is 0 Å². The molecule has 1 saturated heterocycles. The molecule has 2 aliphatic rings. The Morgan fingerprint density at radius 1 is 1.03 bits per heavy atom. The molecule has 2 amide bonds. The van der Waals surface area contributed by atoms with Crippen molar-refractivity contribution in [1.82, 2.24) is 9.47 Å². The highest BCUT2D eigenvalue weighted by Gasteiger charge is 2.36. The van der Waals surface area contributed by atoms with Crippen LogP contribution in [0.2, 0.25) is 0 Å². The minimum absolute atomic E-state index is 0.0534. The fourth-order valence-electron chi connectivity index (χ4n) is 5.06. The fraction of sp³-hybridized carbons (Fsp3) is 0.269. The van der Waals surface area contributed by atoms with Crippen LogP contribution in [-0.2, 0) is 6.54 Å². The predicted molar refractivity (Wildman–Crippen MR) is 123 cm³/mol. The molecular formula is C26H24N4O2. The lowest BCUT2D eigenvalue weighted by Gasteiger charge is -2.42. The SMILES string of the molecule is Cc1ccccc1-c1ccc2n(c1=O)C[C@H]1C[C@@H]2CN(C(=O)Nc2cccc(C#N)c2)C1. The van der Waals surface area contributed by atoms with Gasteiger partial charge in [0.1, 0.15) is 0 Å². The predicted octanol–water partition coefficient (Wildman–Crippen LogP) is 4.35. The highest BCUT2D eigenvalue weighted by Crippen LogP contribution is 2.36. The summed E-state index contributed by atoms with van der Waals surface area (Å²) in [5.74, 6) is 0.375. The maximum Gasteiger partial charge on any atom is 0.321 e. The van der Waals surface area contributed by atoms with Gasteiger partial charge >= 0.3 is 6.03 Å². The number of urea groups is 1. The smallest absolute Gasteiger partial charge is 0.321 e. The summed E-state index contributed by atoms with van der Waals surface area (Å²) in [5, 5.41) is 12.0. The van der Waals surface area contributed by atoms with Crippen LogP contribution < -0.4 is 10.9 Å². The van der Waals surface area contributed by atoms with Crippen LogP contribution in [0, 0.1) is 24.2 Å². The number of pyridine rings is 1. The Morgan fingerprint density at radius 3 is 2.69 bits per heavy atom. The lowest BCUT2D eigenvalue weighted by molar-refractivity contribution is 0.139. The summed E-state index contributed by atoms with van der Waals surface area (Å²) in [7, 11) is 0. The van der Waals surface area contributed by atoms with E-state index in [1.165, 1.54) is 0 Å². The molecule has 1 N–H and O–H groups in total. The van der Waals surface area contributed by atoms with Crippen LogP contribution in [0.5, 0.6) is 0 Å². The average molecular weight is 425 g/mol. The number of nitriles is 1. The normalized spacial score (nSPS) is 19.1. The van der Waals surface area contributed by atoms with Crippen molar-refractivity contribution >= 4 is 11.7 Å². The van der Waals surface area contributed by atoms with Crippen molar-refractivity contribution in [1.29, 1.82) is 5.26 Å². The fourth-order valence-corrected chi connectivity index (χ4v) is 5.06. The average Bonchev–Trinajstić information content (AvgIpc) is 2.80. The summed E-state index contributed by atoms with van der Waals surface area (Å²) >= 11 is 0. The van der Waals surface area contributed by atoms with Gasteiger partial charge in [0.05, 0.1) is 11.6 Å². The number of anilines is 1. The highest BCUT2D eigenvalue weighted by molar-refractivity contribution is 5.89. The van der Waals surface area contributed by atoms with Gasteiger partial charge in [-0.05, 0) is 60.7 Å². The summed E-state index contributed by atoms with van der Waals surface area (Å²) in [6, 6.07) is 20.8. The molecule has 5 rings (SSSR count). The molecule has 1 fully saturated rings. The number of rotatable bonds is 2. The molecule has 2 atom stereocenters. The standard InChI is InChI=1S/C26H24N4O2/c1-17-5-2-3-8-22(17)23-9-10-24-20-11-19(15-30(24)25(23)31)14-29(16-20)26(32)28-21-7-4-6-18(12-21)13-27/h2-10,12,19-20H,11,14-16H2,1H3,(H,28,32)/t19-,20+/m0/s1. The molecule has 2 aromatic carbocycles. The maximum atomic E-state index is 13.4. The Labute approximate surface area is 186 Å². The number of likely N-dealkylation sites (tertiary alicyclic amines) is 1. The van der Waals surface area contributed by atoms with Crippen molar-refractivity contribution in [3.63, 3.8) is 0 Å². The van der Waals surface area contributed by atoms with Gasteiger partial charge in [-0.2, -0.15) is 5.26 Å². The molecule has 0 aliphatic carbocycles. The molecule has 1 aromatic heterocycles. The first-order valence-electron chi connectivity index (χ1n) is 10.9. The Kier molecular flexibility index (Phi) is 5.02. The third kappa shape index (κ3) is 3.56. The Balaban J connectivity index is 1.40. The number of amides is 2. The van der Waals surface area contributed by atoms with E-state index in [-0.39, 0.29) is 23.4 Å². The van der Waals surface area contributed by atoms with E-state index in [1.54, 1.807) is 24.3 Å². The Hall–Kier alpha value is -3.85. The highest BCUT2D eigenvalue weighted by atomic mass is 16.2. The minimum atomic E-state index is -0.165. The van der Waals surface area contributed by atoms with Crippen molar-refractivity contribution in [3.05, 3.63) is 87.8 Å². The first kappa shape index (κ1) is 20.1. The van der Waals surface area contributed by atoms with Gasteiger partial charge in [0.25, 0.3) is 5.56 Å². The zero-order valence-electron chi connectivity index (χ0n) is 17.9. The first-order chi connectivity index (χ1) is 15.5. The zero-order chi connectivity index (χ0) is 22.2. The number of carbonyl (C=O) groups is 1. The molecule has 32 heavy (non-hydrogen) atoms. The van der Waals surface area contributed by atoms with Gasteiger partial charge in [-0.3, -0.25) is 4.79 Å². The van der Waals surface area contributed by atoms with E-state index in [1.807, 2.05) is 46.7 Å². The largest absolute Gasteiger partial charge is 0.324 e.